The number of halogens is 1. The van der Waals surface area contributed by atoms with Gasteiger partial charge in [-0.05, 0) is 50.3 Å². The standard InChI is InChI=1S/C15H23ClN2O/c1-2-8-19-15-7-6-11(16)9-14(15)18-13-5-3-4-12(17)10-13/h6-7,9,12-13,18H,2-5,8,10,17H2,1H3. The summed E-state index contributed by atoms with van der Waals surface area (Å²) < 4.78 is 5.76. The van der Waals surface area contributed by atoms with Crippen molar-refractivity contribution < 1.29 is 4.74 Å². The Morgan fingerprint density at radius 3 is 3.00 bits per heavy atom. The topological polar surface area (TPSA) is 47.3 Å². The Bertz CT molecular complexity index is 411. The highest BCUT2D eigenvalue weighted by Crippen LogP contribution is 2.31. The summed E-state index contributed by atoms with van der Waals surface area (Å²) in [5, 5.41) is 4.27. The molecule has 3 N–H and O–H groups in total. The maximum absolute atomic E-state index is 6.08. The summed E-state index contributed by atoms with van der Waals surface area (Å²) in [4.78, 5) is 0. The van der Waals surface area contributed by atoms with Crippen LogP contribution in [0, 0.1) is 0 Å². The van der Waals surface area contributed by atoms with Crippen molar-refractivity contribution in [2.24, 2.45) is 5.73 Å². The fourth-order valence-electron chi connectivity index (χ4n) is 2.53. The average molecular weight is 283 g/mol. The van der Waals surface area contributed by atoms with Crippen molar-refractivity contribution in [3.8, 4) is 5.75 Å². The first kappa shape index (κ1) is 14.5. The smallest absolute Gasteiger partial charge is 0.142 e. The molecule has 1 aliphatic rings. The summed E-state index contributed by atoms with van der Waals surface area (Å²) in [6.45, 7) is 2.82. The molecule has 1 fully saturated rings. The predicted molar refractivity (Wildman–Crippen MR) is 81.1 cm³/mol. The Kier molecular flexibility index (Phi) is 5.34. The maximum atomic E-state index is 6.08. The molecule has 0 aromatic heterocycles. The highest BCUT2D eigenvalue weighted by atomic mass is 35.5. The molecule has 0 spiro atoms. The summed E-state index contributed by atoms with van der Waals surface area (Å²) in [5.41, 5.74) is 7.02. The van der Waals surface area contributed by atoms with Crippen LogP contribution in [0.15, 0.2) is 18.2 Å². The molecule has 0 heterocycles. The van der Waals surface area contributed by atoms with E-state index >= 15 is 0 Å². The third-order valence-electron chi connectivity index (χ3n) is 3.48. The lowest BCUT2D eigenvalue weighted by atomic mass is 9.91. The molecule has 1 saturated carbocycles. The Morgan fingerprint density at radius 2 is 2.26 bits per heavy atom. The van der Waals surface area contributed by atoms with E-state index in [2.05, 4.69) is 12.2 Å². The largest absolute Gasteiger partial charge is 0.491 e. The summed E-state index contributed by atoms with van der Waals surface area (Å²) in [5.74, 6) is 0.880. The van der Waals surface area contributed by atoms with Gasteiger partial charge in [0.05, 0.1) is 12.3 Å². The number of anilines is 1. The third-order valence-corrected chi connectivity index (χ3v) is 3.71. The van der Waals surface area contributed by atoms with Gasteiger partial charge in [-0.2, -0.15) is 0 Å². The molecule has 0 amide bonds. The van der Waals surface area contributed by atoms with Crippen LogP contribution in [0.3, 0.4) is 0 Å². The number of nitrogens with one attached hydrogen (secondary N) is 1. The fourth-order valence-corrected chi connectivity index (χ4v) is 2.70. The molecular formula is C15H23ClN2O. The lowest BCUT2D eigenvalue weighted by Gasteiger charge is -2.29. The molecule has 2 atom stereocenters. The van der Waals surface area contributed by atoms with E-state index in [1.54, 1.807) is 0 Å². The van der Waals surface area contributed by atoms with Crippen LogP contribution in [-0.2, 0) is 0 Å². The molecule has 1 aromatic carbocycles. The van der Waals surface area contributed by atoms with Crippen LogP contribution < -0.4 is 15.8 Å². The second-order valence-electron chi connectivity index (χ2n) is 5.26. The van der Waals surface area contributed by atoms with Gasteiger partial charge >= 0.3 is 0 Å². The molecular weight excluding hydrogens is 260 g/mol. The summed E-state index contributed by atoms with van der Waals surface area (Å²) in [6.07, 6.45) is 5.49. The number of hydrogen-bond donors (Lipinski definition) is 2. The normalized spacial score (nSPS) is 23.1. The van der Waals surface area contributed by atoms with E-state index in [1.807, 2.05) is 18.2 Å². The van der Waals surface area contributed by atoms with Gasteiger partial charge < -0.3 is 15.8 Å². The van der Waals surface area contributed by atoms with Crippen LogP contribution in [-0.4, -0.2) is 18.7 Å². The zero-order valence-electron chi connectivity index (χ0n) is 11.5. The molecule has 4 heteroatoms. The highest BCUT2D eigenvalue weighted by Gasteiger charge is 2.20. The van der Waals surface area contributed by atoms with Crippen LogP contribution in [0.5, 0.6) is 5.75 Å². The third kappa shape index (κ3) is 4.29. The van der Waals surface area contributed by atoms with Crippen LogP contribution in [0.25, 0.3) is 0 Å². The lowest BCUT2D eigenvalue weighted by molar-refractivity contribution is 0.318. The van der Waals surface area contributed by atoms with Gasteiger partial charge in [-0.15, -0.1) is 0 Å². The van der Waals surface area contributed by atoms with Crippen molar-refractivity contribution >= 4 is 17.3 Å². The van der Waals surface area contributed by atoms with E-state index in [1.165, 1.54) is 6.42 Å². The van der Waals surface area contributed by atoms with Gasteiger partial charge in [0.15, 0.2) is 0 Å². The minimum atomic E-state index is 0.311. The van der Waals surface area contributed by atoms with E-state index in [-0.39, 0.29) is 0 Å². The van der Waals surface area contributed by atoms with E-state index in [0.29, 0.717) is 12.1 Å². The van der Waals surface area contributed by atoms with Crippen molar-refractivity contribution in [2.45, 2.75) is 51.1 Å². The first-order valence-corrected chi connectivity index (χ1v) is 7.51. The van der Waals surface area contributed by atoms with Gasteiger partial charge in [0.2, 0.25) is 0 Å². The molecule has 0 saturated heterocycles. The molecule has 19 heavy (non-hydrogen) atoms. The van der Waals surface area contributed by atoms with E-state index in [0.717, 1.165) is 48.7 Å². The van der Waals surface area contributed by atoms with Crippen LogP contribution >= 0.6 is 11.6 Å². The van der Waals surface area contributed by atoms with Crippen LogP contribution in [0.2, 0.25) is 5.02 Å². The Hall–Kier alpha value is -0.930. The van der Waals surface area contributed by atoms with Gasteiger partial charge in [-0.25, -0.2) is 0 Å². The van der Waals surface area contributed by atoms with Crippen molar-refractivity contribution in [3.63, 3.8) is 0 Å². The quantitative estimate of drug-likeness (QED) is 0.863. The molecule has 1 aliphatic carbocycles. The van der Waals surface area contributed by atoms with Gasteiger partial charge in [0, 0.05) is 17.1 Å². The Balaban J connectivity index is 2.06. The molecule has 2 rings (SSSR count). The number of nitrogens with two attached hydrogens (primary N) is 1. The molecule has 1 aromatic rings. The molecule has 0 radical (unpaired) electrons. The zero-order chi connectivity index (χ0) is 13.7. The minimum absolute atomic E-state index is 0.311. The molecule has 2 unspecified atom stereocenters. The second-order valence-corrected chi connectivity index (χ2v) is 5.69. The van der Waals surface area contributed by atoms with Gasteiger partial charge in [-0.3, -0.25) is 0 Å². The Labute approximate surface area is 120 Å². The second kappa shape index (κ2) is 7.01. The summed E-state index contributed by atoms with van der Waals surface area (Å²) >= 11 is 6.08. The SMILES string of the molecule is CCCOc1ccc(Cl)cc1NC1CCCC(N)C1. The first-order valence-electron chi connectivity index (χ1n) is 7.13. The maximum Gasteiger partial charge on any atom is 0.142 e. The van der Waals surface area contributed by atoms with E-state index in [9.17, 15) is 0 Å². The molecule has 0 aliphatic heterocycles. The van der Waals surface area contributed by atoms with Gasteiger partial charge in [0.1, 0.15) is 5.75 Å². The van der Waals surface area contributed by atoms with Crippen molar-refractivity contribution in [2.75, 3.05) is 11.9 Å². The summed E-state index contributed by atoms with van der Waals surface area (Å²) in [6, 6.07) is 6.47. The first-order chi connectivity index (χ1) is 9.19. The van der Waals surface area contributed by atoms with Crippen molar-refractivity contribution in [1.82, 2.24) is 0 Å². The number of benzene rings is 1. The summed E-state index contributed by atoms with van der Waals surface area (Å²) in [7, 11) is 0. The van der Waals surface area contributed by atoms with Crippen molar-refractivity contribution in [3.05, 3.63) is 23.2 Å². The minimum Gasteiger partial charge on any atom is -0.491 e. The van der Waals surface area contributed by atoms with Crippen LogP contribution in [0.4, 0.5) is 5.69 Å². The van der Waals surface area contributed by atoms with Crippen LogP contribution in [0.1, 0.15) is 39.0 Å². The number of rotatable bonds is 5. The highest BCUT2D eigenvalue weighted by molar-refractivity contribution is 6.30. The predicted octanol–water partition coefficient (Wildman–Crippen LogP) is 3.81. The Morgan fingerprint density at radius 1 is 1.42 bits per heavy atom. The monoisotopic (exact) mass is 282 g/mol. The van der Waals surface area contributed by atoms with Gasteiger partial charge in [-0.1, -0.05) is 18.5 Å². The lowest BCUT2D eigenvalue weighted by Crippen LogP contribution is -2.34. The zero-order valence-corrected chi connectivity index (χ0v) is 12.2. The molecule has 0 bridgehead atoms. The number of ether oxygens (including phenoxy) is 1. The van der Waals surface area contributed by atoms with E-state index in [4.69, 9.17) is 22.1 Å². The van der Waals surface area contributed by atoms with Gasteiger partial charge in [0.25, 0.3) is 0 Å². The number of hydrogen-bond acceptors (Lipinski definition) is 3. The van der Waals surface area contributed by atoms with Crippen molar-refractivity contribution in [1.29, 1.82) is 0 Å². The molecule has 106 valence electrons. The fraction of sp³-hybridized carbons (Fsp3) is 0.600. The average Bonchev–Trinajstić information content (AvgIpc) is 2.38. The molecule has 3 nitrogen and oxygen atoms in total. The van der Waals surface area contributed by atoms with E-state index < -0.39 is 0 Å².